The first kappa shape index (κ1) is 15.2. The van der Waals surface area contributed by atoms with Crippen molar-refractivity contribution < 1.29 is 13.2 Å². The number of hydrogen-bond donors (Lipinski definition) is 1. The molecule has 2 rings (SSSR count). The minimum absolute atomic E-state index is 0.0133. The van der Waals surface area contributed by atoms with Gasteiger partial charge in [0.25, 0.3) is 5.91 Å². The van der Waals surface area contributed by atoms with Gasteiger partial charge in [-0.2, -0.15) is 0 Å². The van der Waals surface area contributed by atoms with Gasteiger partial charge in [0.2, 0.25) is 0 Å². The number of hydrogen-bond acceptors (Lipinski definition) is 6. The SMILES string of the molecule is CCSc1nc(C)cc(C(=O)NC2CCS(=O)(=O)C2)n1. The van der Waals surface area contributed by atoms with E-state index in [9.17, 15) is 13.2 Å². The molecule has 1 N–H and O–H groups in total. The fourth-order valence-electron chi connectivity index (χ4n) is 2.02. The zero-order chi connectivity index (χ0) is 14.8. The normalized spacial score (nSPS) is 20.8. The molecule has 6 nitrogen and oxygen atoms in total. The van der Waals surface area contributed by atoms with Crippen LogP contribution in [0.5, 0.6) is 0 Å². The van der Waals surface area contributed by atoms with E-state index in [0.29, 0.717) is 11.6 Å². The van der Waals surface area contributed by atoms with Crippen LogP contribution in [0.25, 0.3) is 0 Å². The van der Waals surface area contributed by atoms with Crippen molar-refractivity contribution in [1.29, 1.82) is 0 Å². The fraction of sp³-hybridized carbons (Fsp3) is 0.583. The molecule has 0 aliphatic carbocycles. The Kier molecular flexibility index (Phi) is 4.64. The van der Waals surface area contributed by atoms with E-state index in [-0.39, 0.29) is 29.1 Å². The number of carbonyl (C=O) groups is 1. The minimum Gasteiger partial charge on any atom is -0.347 e. The lowest BCUT2D eigenvalue weighted by atomic mass is 10.2. The molecule has 20 heavy (non-hydrogen) atoms. The highest BCUT2D eigenvalue weighted by Crippen LogP contribution is 2.15. The molecule has 0 saturated carbocycles. The van der Waals surface area contributed by atoms with E-state index in [1.54, 1.807) is 13.0 Å². The summed E-state index contributed by atoms with van der Waals surface area (Å²) in [4.78, 5) is 20.5. The molecule has 1 unspecified atom stereocenters. The van der Waals surface area contributed by atoms with Gasteiger partial charge < -0.3 is 5.32 Å². The molecule has 8 heteroatoms. The largest absolute Gasteiger partial charge is 0.347 e. The van der Waals surface area contributed by atoms with Crippen LogP contribution in [0, 0.1) is 6.92 Å². The van der Waals surface area contributed by atoms with Crippen LogP contribution >= 0.6 is 11.8 Å². The first-order valence-electron chi connectivity index (χ1n) is 6.39. The number of amides is 1. The van der Waals surface area contributed by atoms with Gasteiger partial charge in [-0.05, 0) is 25.2 Å². The fourth-order valence-corrected chi connectivity index (χ4v) is 4.32. The van der Waals surface area contributed by atoms with Crippen LogP contribution in [0.15, 0.2) is 11.2 Å². The maximum Gasteiger partial charge on any atom is 0.270 e. The predicted molar refractivity (Wildman–Crippen MR) is 77.7 cm³/mol. The van der Waals surface area contributed by atoms with Crippen molar-refractivity contribution in [2.75, 3.05) is 17.3 Å². The van der Waals surface area contributed by atoms with Crippen molar-refractivity contribution in [2.24, 2.45) is 0 Å². The smallest absolute Gasteiger partial charge is 0.270 e. The van der Waals surface area contributed by atoms with Gasteiger partial charge in [-0.25, -0.2) is 18.4 Å². The van der Waals surface area contributed by atoms with E-state index in [0.717, 1.165) is 11.4 Å². The molecule has 1 fully saturated rings. The third-order valence-corrected chi connectivity index (χ3v) is 5.40. The standard InChI is InChI=1S/C12H17N3O3S2/c1-3-19-12-13-8(2)6-10(15-12)11(16)14-9-4-5-20(17,18)7-9/h6,9H,3-5,7H2,1-2H3,(H,14,16). The summed E-state index contributed by atoms with van der Waals surface area (Å²) in [5.41, 5.74) is 1.01. The van der Waals surface area contributed by atoms with Gasteiger partial charge in [-0.1, -0.05) is 18.7 Å². The molecule has 110 valence electrons. The summed E-state index contributed by atoms with van der Waals surface area (Å²) < 4.78 is 22.7. The Hall–Kier alpha value is -1.15. The lowest BCUT2D eigenvalue weighted by molar-refractivity contribution is 0.0935. The van der Waals surface area contributed by atoms with Crippen LogP contribution in [-0.2, 0) is 9.84 Å². The van der Waals surface area contributed by atoms with Gasteiger partial charge in [0.1, 0.15) is 5.69 Å². The maximum absolute atomic E-state index is 12.1. The lowest BCUT2D eigenvalue weighted by Crippen LogP contribution is -2.36. The summed E-state index contributed by atoms with van der Waals surface area (Å²) in [7, 11) is -3.00. The number of sulfone groups is 1. The van der Waals surface area contributed by atoms with Crippen molar-refractivity contribution in [3.8, 4) is 0 Å². The molecule has 1 aromatic heterocycles. The number of carbonyl (C=O) groups excluding carboxylic acids is 1. The minimum atomic E-state index is -3.00. The number of aromatic nitrogens is 2. The molecule has 1 aromatic rings. The topological polar surface area (TPSA) is 89.0 Å². The molecular formula is C12H17N3O3S2. The average molecular weight is 315 g/mol. The van der Waals surface area contributed by atoms with Crippen LogP contribution in [0.2, 0.25) is 0 Å². The van der Waals surface area contributed by atoms with Crippen LogP contribution in [0.4, 0.5) is 0 Å². The van der Waals surface area contributed by atoms with Crippen molar-refractivity contribution in [3.05, 3.63) is 17.5 Å². The summed E-state index contributed by atoms with van der Waals surface area (Å²) in [6.45, 7) is 3.79. The molecule has 0 radical (unpaired) electrons. The Labute approximate surface area is 122 Å². The summed E-state index contributed by atoms with van der Waals surface area (Å²) in [6, 6.07) is 1.29. The van der Waals surface area contributed by atoms with Crippen molar-refractivity contribution >= 4 is 27.5 Å². The molecule has 1 amide bonds. The van der Waals surface area contributed by atoms with Crippen LogP contribution < -0.4 is 5.32 Å². The first-order chi connectivity index (χ1) is 9.39. The van der Waals surface area contributed by atoms with Gasteiger partial charge in [-0.3, -0.25) is 4.79 Å². The number of nitrogens with one attached hydrogen (secondary N) is 1. The van der Waals surface area contributed by atoms with Gasteiger partial charge in [0.05, 0.1) is 11.5 Å². The summed E-state index contributed by atoms with van der Waals surface area (Å²) >= 11 is 1.47. The zero-order valence-electron chi connectivity index (χ0n) is 11.4. The Morgan fingerprint density at radius 1 is 1.50 bits per heavy atom. The Morgan fingerprint density at radius 3 is 2.85 bits per heavy atom. The molecule has 0 spiro atoms. The van der Waals surface area contributed by atoms with E-state index in [1.165, 1.54) is 11.8 Å². The van der Waals surface area contributed by atoms with Crippen molar-refractivity contribution in [1.82, 2.24) is 15.3 Å². The van der Waals surface area contributed by atoms with E-state index in [4.69, 9.17) is 0 Å². The monoisotopic (exact) mass is 315 g/mol. The second kappa shape index (κ2) is 6.09. The molecule has 1 atom stereocenters. The third kappa shape index (κ3) is 3.92. The molecule has 0 aromatic carbocycles. The van der Waals surface area contributed by atoms with Crippen LogP contribution in [0.1, 0.15) is 29.5 Å². The van der Waals surface area contributed by atoms with E-state index in [2.05, 4.69) is 15.3 Å². The Balaban J connectivity index is 2.09. The third-order valence-electron chi connectivity index (χ3n) is 2.91. The molecule has 2 heterocycles. The van der Waals surface area contributed by atoms with E-state index < -0.39 is 9.84 Å². The molecular weight excluding hydrogens is 298 g/mol. The van der Waals surface area contributed by atoms with Crippen LogP contribution in [-0.4, -0.2) is 47.6 Å². The Bertz CT molecular complexity index is 616. The van der Waals surface area contributed by atoms with E-state index in [1.807, 2.05) is 6.92 Å². The number of nitrogens with zero attached hydrogens (tertiary/aromatic N) is 2. The second-order valence-electron chi connectivity index (χ2n) is 4.68. The molecule has 0 bridgehead atoms. The van der Waals surface area contributed by atoms with Crippen LogP contribution in [0.3, 0.4) is 0 Å². The van der Waals surface area contributed by atoms with Gasteiger partial charge in [0.15, 0.2) is 15.0 Å². The maximum atomic E-state index is 12.1. The summed E-state index contributed by atoms with van der Waals surface area (Å²) in [5.74, 6) is 0.637. The highest BCUT2D eigenvalue weighted by molar-refractivity contribution is 7.99. The van der Waals surface area contributed by atoms with Gasteiger partial charge in [-0.15, -0.1) is 0 Å². The zero-order valence-corrected chi connectivity index (χ0v) is 13.1. The van der Waals surface area contributed by atoms with Crippen molar-refractivity contribution in [2.45, 2.75) is 31.5 Å². The Morgan fingerprint density at radius 2 is 2.25 bits per heavy atom. The predicted octanol–water partition coefficient (Wildman–Crippen LogP) is 0.814. The molecule has 1 aliphatic heterocycles. The first-order valence-corrected chi connectivity index (χ1v) is 9.20. The summed E-state index contributed by atoms with van der Waals surface area (Å²) in [6.07, 6.45) is 0.467. The molecule has 1 saturated heterocycles. The van der Waals surface area contributed by atoms with Gasteiger partial charge in [0, 0.05) is 11.7 Å². The van der Waals surface area contributed by atoms with Crippen molar-refractivity contribution in [3.63, 3.8) is 0 Å². The number of aryl methyl sites for hydroxylation is 1. The highest BCUT2D eigenvalue weighted by Gasteiger charge is 2.29. The number of thioether (sulfide) groups is 1. The second-order valence-corrected chi connectivity index (χ2v) is 8.14. The van der Waals surface area contributed by atoms with Gasteiger partial charge >= 0.3 is 0 Å². The number of rotatable bonds is 4. The van der Waals surface area contributed by atoms with E-state index >= 15 is 0 Å². The quantitative estimate of drug-likeness (QED) is 0.653. The molecule has 1 aliphatic rings. The average Bonchev–Trinajstić information content (AvgIpc) is 2.68. The summed E-state index contributed by atoms with van der Waals surface area (Å²) in [5, 5.41) is 3.30. The highest BCUT2D eigenvalue weighted by atomic mass is 32.2. The lowest BCUT2D eigenvalue weighted by Gasteiger charge is -2.11.